The highest BCUT2D eigenvalue weighted by molar-refractivity contribution is 4.89. The van der Waals surface area contributed by atoms with Gasteiger partial charge in [-0.2, -0.15) is 0 Å². The molecule has 0 aromatic rings. The molecule has 1 heterocycles. The van der Waals surface area contributed by atoms with Crippen LogP contribution in [0.5, 0.6) is 0 Å². The van der Waals surface area contributed by atoms with Crippen LogP contribution in [0.15, 0.2) is 0 Å². The van der Waals surface area contributed by atoms with Gasteiger partial charge in [0.05, 0.1) is 5.60 Å². The van der Waals surface area contributed by atoms with Crippen molar-refractivity contribution < 1.29 is 5.11 Å². The van der Waals surface area contributed by atoms with Crippen molar-refractivity contribution in [3.05, 3.63) is 0 Å². The zero-order valence-corrected chi connectivity index (χ0v) is 11.3. The molecule has 3 unspecified atom stereocenters. The predicted octanol–water partition coefficient (Wildman–Crippen LogP) is 1.61. The van der Waals surface area contributed by atoms with Gasteiger partial charge in [0.2, 0.25) is 0 Å². The summed E-state index contributed by atoms with van der Waals surface area (Å²) in [6, 6.07) is 1.25. The van der Waals surface area contributed by atoms with Gasteiger partial charge in [0.1, 0.15) is 0 Å². The normalized spacial score (nSPS) is 30.6. The highest BCUT2D eigenvalue weighted by Gasteiger charge is 2.34. The molecule has 0 aromatic carbocycles. The first-order valence-corrected chi connectivity index (χ1v) is 6.65. The van der Waals surface area contributed by atoms with Crippen molar-refractivity contribution in [2.24, 2.45) is 0 Å². The van der Waals surface area contributed by atoms with Crippen molar-refractivity contribution in [1.29, 1.82) is 0 Å². The lowest BCUT2D eigenvalue weighted by Crippen LogP contribution is -2.47. The Morgan fingerprint density at radius 3 is 2.31 bits per heavy atom. The molecule has 0 spiro atoms. The second-order valence-electron chi connectivity index (χ2n) is 5.38. The average Bonchev–Trinajstić information content (AvgIpc) is 2.58. The van der Waals surface area contributed by atoms with Crippen LogP contribution in [0, 0.1) is 0 Å². The largest absolute Gasteiger partial charge is 0.389 e. The lowest BCUT2D eigenvalue weighted by molar-refractivity contribution is -0.0167. The molecule has 0 bridgehead atoms. The van der Waals surface area contributed by atoms with Crippen LogP contribution in [0.3, 0.4) is 0 Å². The molecule has 3 heteroatoms. The average molecular weight is 228 g/mol. The molecule has 0 aliphatic carbocycles. The number of nitrogens with zero attached hydrogens (tertiary/aromatic N) is 1. The maximum absolute atomic E-state index is 10.6. The van der Waals surface area contributed by atoms with Crippen molar-refractivity contribution in [3.8, 4) is 0 Å². The Kier molecular flexibility index (Phi) is 5.22. The van der Waals surface area contributed by atoms with E-state index in [1.807, 2.05) is 7.05 Å². The van der Waals surface area contributed by atoms with Crippen molar-refractivity contribution in [1.82, 2.24) is 10.2 Å². The molecule has 0 amide bonds. The smallest absolute Gasteiger partial charge is 0.0783 e. The third-order valence-electron chi connectivity index (χ3n) is 4.11. The fourth-order valence-electron chi connectivity index (χ4n) is 2.63. The second-order valence-corrected chi connectivity index (χ2v) is 5.38. The molecule has 3 nitrogen and oxygen atoms in total. The van der Waals surface area contributed by atoms with Crippen LogP contribution >= 0.6 is 0 Å². The molecule has 96 valence electrons. The van der Waals surface area contributed by atoms with E-state index in [9.17, 15) is 5.11 Å². The lowest BCUT2D eigenvalue weighted by Gasteiger charge is -2.36. The molecular weight excluding hydrogens is 200 g/mol. The van der Waals surface area contributed by atoms with Crippen molar-refractivity contribution in [2.75, 3.05) is 20.1 Å². The van der Waals surface area contributed by atoms with Crippen LogP contribution in [0.2, 0.25) is 0 Å². The third-order valence-corrected chi connectivity index (χ3v) is 4.11. The molecule has 1 aliphatic rings. The maximum Gasteiger partial charge on any atom is 0.0783 e. The van der Waals surface area contributed by atoms with Gasteiger partial charge in [-0.3, -0.25) is 4.90 Å². The second kappa shape index (κ2) is 5.99. The predicted molar refractivity (Wildman–Crippen MR) is 68.6 cm³/mol. The molecular formula is C13H28N2O. The van der Waals surface area contributed by atoms with E-state index in [-0.39, 0.29) is 0 Å². The Morgan fingerprint density at radius 1 is 1.31 bits per heavy atom. The molecule has 3 atom stereocenters. The first kappa shape index (κ1) is 13.9. The first-order chi connectivity index (χ1) is 7.52. The van der Waals surface area contributed by atoms with E-state index in [0.29, 0.717) is 12.1 Å². The van der Waals surface area contributed by atoms with E-state index in [1.165, 1.54) is 12.8 Å². The molecule has 1 fully saturated rings. The van der Waals surface area contributed by atoms with E-state index in [4.69, 9.17) is 0 Å². The topological polar surface area (TPSA) is 35.5 Å². The summed E-state index contributed by atoms with van der Waals surface area (Å²) in [6.45, 7) is 8.35. The van der Waals surface area contributed by atoms with Gasteiger partial charge < -0.3 is 10.4 Å². The van der Waals surface area contributed by atoms with Crippen molar-refractivity contribution >= 4 is 0 Å². The van der Waals surface area contributed by atoms with E-state index in [2.05, 4.69) is 31.0 Å². The summed E-state index contributed by atoms with van der Waals surface area (Å²) in [4.78, 5) is 2.47. The number of rotatable bonds is 6. The molecule has 2 N–H and O–H groups in total. The summed E-state index contributed by atoms with van der Waals surface area (Å²) >= 11 is 0. The SMILES string of the molecule is CCC(O)(CCNC)CN1C(C)CCC1C. The van der Waals surface area contributed by atoms with Gasteiger partial charge in [-0.05, 0) is 53.1 Å². The summed E-state index contributed by atoms with van der Waals surface area (Å²) in [5, 5.41) is 13.7. The van der Waals surface area contributed by atoms with Crippen molar-refractivity contribution in [3.63, 3.8) is 0 Å². The summed E-state index contributed by atoms with van der Waals surface area (Å²) in [7, 11) is 1.94. The quantitative estimate of drug-likeness (QED) is 0.725. The minimum Gasteiger partial charge on any atom is -0.389 e. The van der Waals surface area contributed by atoms with E-state index in [0.717, 1.165) is 25.9 Å². The lowest BCUT2D eigenvalue weighted by atomic mass is 9.95. The van der Waals surface area contributed by atoms with Crippen molar-refractivity contribution in [2.45, 2.75) is 64.1 Å². The third kappa shape index (κ3) is 3.44. The zero-order chi connectivity index (χ0) is 12.2. The monoisotopic (exact) mass is 228 g/mol. The van der Waals surface area contributed by atoms with E-state index >= 15 is 0 Å². The van der Waals surface area contributed by atoms with E-state index < -0.39 is 5.60 Å². The zero-order valence-electron chi connectivity index (χ0n) is 11.3. The Bertz CT molecular complexity index is 200. The number of nitrogens with one attached hydrogen (secondary N) is 1. The van der Waals surface area contributed by atoms with Crippen LogP contribution in [-0.4, -0.2) is 47.8 Å². The number of hydrogen-bond acceptors (Lipinski definition) is 3. The fraction of sp³-hybridized carbons (Fsp3) is 1.00. The summed E-state index contributed by atoms with van der Waals surface area (Å²) in [6.07, 6.45) is 4.22. The molecule has 0 aromatic heterocycles. The maximum atomic E-state index is 10.6. The van der Waals surface area contributed by atoms with Gasteiger partial charge in [-0.15, -0.1) is 0 Å². The summed E-state index contributed by atoms with van der Waals surface area (Å²) < 4.78 is 0. The Morgan fingerprint density at radius 2 is 1.88 bits per heavy atom. The van der Waals surface area contributed by atoms with Gasteiger partial charge >= 0.3 is 0 Å². The summed E-state index contributed by atoms with van der Waals surface area (Å²) in [5.41, 5.74) is -0.518. The van der Waals surface area contributed by atoms with Gasteiger partial charge in [0.15, 0.2) is 0 Å². The van der Waals surface area contributed by atoms with Crippen LogP contribution in [0.1, 0.15) is 46.5 Å². The minimum atomic E-state index is -0.518. The first-order valence-electron chi connectivity index (χ1n) is 6.65. The van der Waals surface area contributed by atoms with Gasteiger partial charge in [0, 0.05) is 18.6 Å². The number of β-amino-alcohol motifs (C(OH)–C–C–N with tert-alkyl or cyclic N) is 1. The standard InChI is InChI=1S/C13H28N2O/c1-5-13(16,8-9-14-4)10-15-11(2)6-7-12(15)3/h11-12,14,16H,5-10H2,1-4H3. The van der Waals surface area contributed by atoms with Crippen LogP contribution in [-0.2, 0) is 0 Å². The highest BCUT2D eigenvalue weighted by atomic mass is 16.3. The Labute approximate surface area is 100 Å². The van der Waals surface area contributed by atoms with Crippen LogP contribution < -0.4 is 5.32 Å². The number of likely N-dealkylation sites (tertiary alicyclic amines) is 1. The number of aliphatic hydroxyl groups is 1. The van der Waals surface area contributed by atoms with Gasteiger partial charge in [-0.25, -0.2) is 0 Å². The number of hydrogen-bond donors (Lipinski definition) is 2. The van der Waals surface area contributed by atoms with Crippen LogP contribution in [0.25, 0.3) is 0 Å². The van der Waals surface area contributed by atoms with Gasteiger partial charge in [-0.1, -0.05) is 6.92 Å². The highest BCUT2D eigenvalue weighted by Crippen LogP contribution is 2.27. The molecule has 0 saturated carbocycles. The van der Waals surface area contributed by atoms with E-state index in [1.54, 1.807) is 0 Å². The summed E-state index contributed by atoms with van der Waals surface area (Å²) in [5.74, 6) is 0. The molecule has 0 radical (unpaired) electrons. The molecule has 1 aliphatic heterocycles. The molecule has 1 saturated heterocycles. The van der Waals surface area contributed by atoms with Gasteiger partial charge in [0.25, 0.3) is 0 Å². The van der Waals surface area contributed by atoms with Crippen LogP contribution in [0.4, 0.5) is 0 Å². The Hall–Kier alpha value is -0.120. The fourth-order valence-corrected chi connectivity index (χ4v) is 2.63. The molecule has 1 rings (SSSR count). The molecule has 16 heavy (non-hydrogen) atoms. The Balaban J connectivity index is 2.54. The minimum absolute atomic E-state index is 0.518.